The van der Waals surface area contributed by atoms with Gasteiger partial charge in [-0.25, -0.2) is 0 Å². The maximum Gasteiger partial charge on any atom is 0.262 e. The van der Waals surface area contributed by atoms with Gasteiger partial charge in [-0.3, -0.25) is 9.59 Å². The molecule has 0 spiro atoms. The number of ether oxygens (including phenoxy) is 1. The summed E-state index contributed by atoms with van der Waals surface area (Å²) < 4.78 is 5.08. The van der Waals surface area contributed by atoms with Crippen LogP contribution in [0.5, 0.6) is 5.75 Å². The van der Waals surface area contributed by atoms with Crippen LogP contribution < -0.4 is 15.4 Å². The predicted octanol–water partition coefficient (Wildman–Crippen LogP) is 2.52. The molecule has 2 rings (SSSR count). The molecule has 1 aromatic heterocycles. The van der Waals surface area contributed by atoms with E-state index >= 15 is 0 Å². The summed E-state index contributed by atoms with van der Waals surface area (Å²) in [7, 11) is 1.61. The molecule has 0 saturated heterocycles. The van der Waals surface area contributed by atoms with Crippen LogP contribution in [0, 0.1) is 0 Å². The molecule has 0 aliphatic heterocycles. The maximum absolute atomic E-state index is 12.0. The van der Waals surface area contributed by atoms with E-state index in [1.807, 2.05) is 42.0 Å². The third kappa shape index (κ3) is 5.01. The van der Waals surface area contributed by atoms with Gasteiger partial charge in [0.05, 0.1) is 13.7 Å². The number of nitrogens with one attached hydrogen (secondary N) is 2. The molecule has 0 saturated carbocycles. The lowest BCUT2D eigenvalue weighted by molar-refractivity contribution is -0.120. The van der Waals surface area contributed by atoms with E-state index in [0.29, 0.717) is 11.4 Å². The van der Waals surface area contributed by atoms with E-state index in [4.69, 9.17) is 4.74 Å². The van der Waals surface area contributed by atoms with Crippen molar-refractivity contribution in [3.8, 4) is 5.75 Å². The minimum absolute atomic E-state index is 0.0410. The lowest BCUT2D eigenvalue weighted by atomic mass is 10.2. The molecule has 0 radical (unpaired) electrons. The van der Waals surface area contributed by atoms with E-state index < -0.39 is 0 Å². The number of hydrogen-bond acceptors (Lipinski definition) is 5. The van der Waals surface area contributed by atoms with Crippen LogP contribution in [0.2, 0.25) is 0 Å². The molecule has 122 valence electrons. The third-order valence-electron chi connectivity index (χ3n) is 3.11. The molecule has 0 bridgehead atoms. The Bertz CT molecular complexity index is 668. The summed E-state index contributed by atoms with van der Waals surface area (Å²) in [4.78, 5) is 25.4. The van der Waals surface area contributed by atoms with Crippen LogP contribution in [-0.2, 0) is 11.3 Å². The maximum atomic E-state index is 12.0. The fourth-order valence-corrected chi connectivity index (χ4v) is 3.54. The molecule has 23 heavy (non-hydrogen) atoms. The summed E-state index contributed by atoms with van der Waals surface area (Å²) in [5.74, 6) is 0.327. The van der Waals surface area contributed by atoms with E-state index in [1.54, 1.807) is 7.11 Å². The topological polar surface area (TPSA) is 67.4 Å². The molecule has 1 aromatic carbocycles. The second-order valence-electron chi connectivity index (χ2n) is 4.63. The molecule has 0 atom stereocenters. The van der Waals surface area contributed by atoms with Crippen molar-refractivity contribution in [1.82, 2.24) is 10.6 Å². The Hall–Kier alpha value is -1.99. The lowest BCUT2D eigenvalue weighted by Crippen LogP contribution is -2.36. The van der Waals surface area contributed by atoms with Crippen molar-refractivity contribution in [3.63, 3.8) is 0 Å². The lowest BCUT2D eigenvalue weighted by Gasteiger charge is -2.08. The van der Waals surface area contributed by atoms with E-state index in [1.165, 1.54) is 23.1 Å². The highest BCUT2D eigenvalue weighted by Crippen LogP contribution is 2.25. The molecule has 5 nitrogen and oxygen atoms in total. The van der Waals surface area contributed by atoms with Crippen molar-refractivity contribution in [2.75, 3.05) is 19.9 Å². The molecule has 0 fully saturated rings. The van der Waals surface area contributed by atoms with Gasteiger partial charge in [0.2, 0.25) is 5.91 Å². The third-order valence-corrected chi connectivity index (χ3v) is 4.94. The van der Waals surface area contributed by atoms with Crippen molar-refractivity contribution < 1.29 is 14.3 Å². The van der Waals surface area contributed by atoms with Crippen molar-refractivity contribution >= 4 is 34.9 Å². The molecule has 2 amide bonds. The second kappa shape index (κ2) is 8.59. The average molecular weight is 350 g/mol. The van der Waals surface area contributed by atoms with Crippen molar-refractivity contribution in [2.24, 2.45) is 0 Å². The SMILES string of the molecule is COc1ccc(CNC(=O)CNC(=O)c2sccc2SC)cc1. The molecule has 0 aliphatic carbocycles. The Balaban J connectivity index is 1.77. The first kappa shape index (κ1) is 17.4. The number of rotatable bonds is 7. The van der Waals surface area contributed by atoms with Crippen LogP contribution in [0.15, 0.2) is 40.6 Å². The van der Waals surface area contributed by atoms with Crippen LogP contribution in [0.25, 0.3) is 0 Å². The zero-order valence-electron chi connectivity index (χ0n) is 12.9. The van der Waals surface area contributed by atoms with Crippen LogP contribution >= 0.6 is 23.1 Å². The summed E-state index contributed by atoms with van der Waals surface area (Å²) in [6.07, 6.45) is 1.92. The van der Waals surface area contributed by atoms with Gasteiger partial charge < -0.3 is 15.4 Å². The normalized spacial score (nSPS) is 10.2. The first-order valence-electron chi connectivity index (χ1n) is 6.93. The Morgan fingerprint density at radius 2 is 1.91 bits per heavy atom. The molecule has 2 N–H and O–H groups in total. The van der Waals surface area contributed by atoms with Crippen molar-refractivity contribution in [1.29, 1.82) is 0 Å². The highest BCUT2D eigenvalue weighted by atomic mass is 32.2. The van der Waals surface area contributed by atoms with E-state index in [9.17, 15) is 9.59 Å². The quantitative estimate of drug-likeness (QED) is 0.753. The van der Waals surface area contributed by atoms with Gasteiger partial charge in [0.15, 0.2) is 0 Å². The number of methoxy groups -OCH3 is 1. The van der Waals surface area contributed by atoms with Gasteiger partial charge in [0.25, 0.3) is 5.91 Å². The smallest absolute Gasteiger partial charge is 0.262 e. The molecular formula is C16H18N2O3S2. The zero-order chi connectivity index (χ0) is 16.7. The fourth-order valence-electron chi connectivity index (χ4n) is 1.87. The number of benzene rings is 1. The standard InChI is InChI=1S/C16H18N2O3S2/c1-21-12-5-3-11(4-6-12)9-17-14(19)10-18-16(20)15-13(22-2)7-8-23-15/h3-8H,9-10H2,1-2H3,(H,17,19)(H,18,20). The van der Waals surface area contributed by atoms with E-state index in [2.05, 4.69) is 10.6 Å². The monoisotopic (exact) mass is 350 g/mol. The zero-order valence-corrected chi connectivity index (χ0v) is 14.6. The Kier molecular flexibility index (Phi) is 6.49. The number of thiophene rings is 1. The van der Waals surface area contributed by atoms with Gasteiger partial charge in [-0.05, 0) is 35.4 Å². The number of carbonyl (C=O) groups excluding carboxylic acids is 2. The van der Waals surface area contributed by atoms with Crippen LogP contribution in [0.3, 0.4) is 0 Å². The minimum atomic E-state index is -0.226. The molecule has 0 aliphatic rings. The van der Waals surface area contributed by atoms with E-state index in [0.717, 1.165) is 16.2 Å². The number of carbonyl (C=O) groups is 2. The fraction of sp³-hybridized carbons (Fsp3) is 0.250. The Morgan fingerprint density at radius 1 is 1.17 bits per heavy atom. The molecule has 2 aromatic rings. The van der Waals surface area contributed by atoms with Crippen molar-refractivity contribution in [2.45, 2.75) is 11.4 Å². The van der Waals surface area contributed by atoms with Gasteiger partial charge in [-0.1, -0.05) is 12.1 Å². The van der Waals surface area contributed by atoms with E-state index in [-0.39, 0.29) is 18.4 Å². The van der Waals surface area contributed by atoms with Crippen LogP contribution in [-0.4, -0.2) is 31.7 Å². The van der Waals surface area contributed by atoms with Gasteiger partial charge in [-0.2, -0.15) is 0 Å². The predicted molar refractivity (Wildman–Crippen MR) is 93.3 cm³/mol. The summed E-state index contributed by atoms with van der Waals surface area (Å²) in [6.45, 7) is 0.370. The largest absolute Gasteiger partial charge is 0.497 e. The Morgan fingerprint density at radius 3 is 2.57 bits per heavy atom. The van der Waals surface area contributed by atoms with Gasteiger partial charge >= 0.3 is 0 Å². The molecular weight excluding hydrogens is 332 g/mol. The molecule has 7 heteroatoms. The summed E-state index contributed by atoms with van der Waals surface area (Å²) in [6, 6.07) is 9.34. The van der Waals surface area contributed by atoms with Crippen LogP contribution in [0.4, 0.5) is 0 Å². The van der Waals surface area contributed by atoms with Gasteiger partial charge in [-0.15, -0.1) is 23.1 Å². The number of thioether (sulfide) groups is 1. The first-order valence-corrected chi connectivity index (χ1v) is 9.03. The average Bonchev–Trinajstić information content (AvgIpc) is 3.07. The highest BCUT2D eigenvalue weighted by molar-refractivity contribution is 7.98. The molecule has 1 heterocycles. The summed E-state index contributed by atoms with van der Waals surface area (Å²) >= 11 is 2.89. The van der Waals surface area contributed by atoms with Gasteiger partial charge in [0, 0.05) is 11.4 Å². The Labute approximate surface area is 143 Å². The summed E-state index contributed by atoms with van der Waals surface area (Å²) in [5.41, 5.74) is 0.966. The molecule has 0 unspecified atom stereocenters. The summed E-state index contributed by atoms with van der Waals surface area (Å²) in [5, 5.41) is 7.28. The second-order valence-corrected chi connectivity index (χ2v) is 6.39. The number of hydrogen-bond donors (Lipinski definition) is 2. The van der Waals surface area contributed by atoms with Gasteiger partial charge in [0.1, 0.15) is 10.6 Å². The first-order chi connectivity index (χ1) is 11.1. The van der Waals surface area contributed by atoms with Crippen molar-refractivity contribution in [3.05, 3.63) is 46.2 Å². The highest BCUT2D eigenvalue weighted by Gasteiger charge is 2.13. The number of amides is 2. The van der Waals surface area contributed by atoms with Crippen LogP contribution in [0.1, 0.15) is 15.2 Å². The minimum Gasteiger partial charge on any atom is -0.497 e.